The predicted molar refractivity (Wildman–Crippen MR) is 86.1 cm³/mol. The molecule has 1 unspecified atom stereocenters. The van der Waals surface area contributed by atoms with Gasteiger partial charge in [0.05, 0.1) is 6.04 Å². The maximum atomic E-state index is 12.1. The van der Waals surface area contributed by atoms with E-state index in [0.717, 1.165) is 45.6 Å². The Balaban J connectivity index is 1.46. The highest BCUT2D eigenvalue weighted by Crippen LogP contribution is 2.19. The molecule has 6 heteroatoms. The SMILES string of the molecule is CC(C(=O)NC1CC1)N1CCN(Cc2ccnc(N)c2)CC1. The van der Waals surface area contributed by atoms with Crippen molar-refractivity contribution in [2.24, 2.45) is 0 Å². The number of nitrogens with zero attached hydrogens (tertiary/aromatic N) is 3. The quantitative estimate of drug-likeness (QED) is 0.826. The summed E-state index contributed by atoms with van der Waals surface area (Å²) in [6, 6.07) is 4.35. The van der Waals surface area contributed by atoms with E-state index in [1.807, 2.05) is 19.1 Å². The average Bonchev–Trinajstić information content (AvgIpc) is 3.31. The van der Waals surface area contributed by atoms with Crippen LogP contribution in [-0.2, 0) is 11.3 Å². The summed E-state index contributed by atoms with van der Waals surface area (Å²) < 4.78 is 0. The third-order valence-electron chi connectivity index (χ3n) is 4.51. The van der Waals surface area contributed by atoms with Crippen LogP contribution >= 0.6 is 0 Å². The first-order valence-corrected chi connectivity index (χ1v) is 8.09. The molecule has 120 valence electrons. The molecule has 2 fully saturated rings. The molecular weight excluding hydrogens is 278 g/mol. The van der Waals surface area contributed by atoms with Crippen molar-refractivity contribution in [1.29, 1.82) is 0 Å². The van der Waals surface area contributed by atoms with Gasteiger partial charge in [0, 0.05) is 45.0 Å². The van der Waals surface area contributed by atoms with Crippen LogP contribution in [-0.4, -0.2) is 59.0 Å². The fraction of sp³-hybridized carbons (Fsp3) is 0.625. The molecule has 0 spiro atoms. The topological polar surface area (TPSA) is 74.5 Å². The fourth-order valence-corrected chi connectivity index (χ4v) is 2.87. The second-order valence-corrected chi connectivity index (χ2v) is 6.36. The number of hydrogen-bond donors (Lipinski definition) is 2. The van der Waals surface area contributed by atoms with Crippen LogP contribution in [0.1, 0.15) is 25.3 Å². The van der Waals surface area contributed by atoms with Crippen molar-refractivity contribution >= 4 is 11.7 Å². The molecule has 22 heavy (non-hydrogen) atoms. The lowest BCUT2D eigenvalue weighted by atomic mass is 10.2. The van der Waals surface area contributed by atoms with Crippen molar-refractivity contribution in [3.63, 3.8) is 0 Å². The molecule has 0 bridgehead atoms. The fourth-order valence-electron chi connectivity index (χ4n) is 2.87. The molecule has 2 heterocycles. The molecule has 1 amide bonds. The number of pyridine rings is 1. The van der Waals surface area contributed by atoms with Gasteiger partial charge in [0.25, 0.3) is 0 Å². The number of amides is 1. The number of hydrogen-bond acceptors (Lipinski definition) is 5. The first-order valence-electron chi connectivity index (χ1n) is 8.09. The van der Waals surface area contributed by atoms with Crippen LogP contribution in [0.5, 0.6) is 0 Å². The first-order chi connectivity index (χ1) is 10.6. The van der Waals surface area contributed by atoms with E-state index in [0.29, 0.717) is 11.9 Å². The molecule has 1 aromatic heterocycles. The molecule has 1 aliphatic carbocycles. The van der Waals surface area contributed by atoms with Gasteiger partial charge in [-0.2, -0.15) is 0 Å². The van der Waals surface area contributed by atoms with Crippen molar-refractivity contribution in [1.82, 2.24) is 20.1 Å². The Kier molecular flexibility index (Phi) is 4.59. The summed E-state index contributed by atoms with van der Waals surface area (Å²) in [6.07, 6.45) is 4.04. The molecular formula is C16H25N5O. The van der Waals surface area contributed by atoms with Crippen LogP contribution in [0.3, 0.4) is 0 Å². The number of carbonyl (C=O) groups excluding carboxylic acids is 1. The molecule has 1 saturated carbocycles. The van der Waals surface area contributed by atoms with Gasteiger partial charge in [-0.15, -0.1) is 0 Å². The van der Waals surface area contributed by atoms with Crippen LogP contribution in [0.15, 0.2) is 18.3 Å². The second kappa shape index (κ2) is 6.62. The lowest BCUT2D eigenvalue weighted by Gasteiger charge is -2.37. The zero-order valence-corrected chi connectivity index (χ0v) is 13.2. The van der Waals surface area contributed by atoms with Gasteiger partial charge in [-0.3, -0.25) is 14.6 Å². The van der Waals surface area contributed by atoms with Gasteiger partial charge in [0.1, 0.15) is 5.82 Å². The zero-order valence-electron chi connectivity index (χ0n) is 13.2. The second-order valence-electron chi connectivity index (χ2n) is 6.36. The lowest BCUT2D eigenvalue weighted by molar-refractivity contribution is -0.126. The van der Waals surface area contributed by atoms with E-state index in [2.05, 4.69) is 20.1 Å². The Bertz CT molecular complexity index is 523. The number of nitrogen functional groups attached to an aromatic ring is 1. The number of carbonyl (C=O) groups is 1. The summed E-state index contributed by atoms with van der Waals surface area (Å²) >= 11 is 0. The van der Waals surface area contributed by atoms with Crippen molar-refractivity contribution in [2.75, 3.05) is 31.9 Å². The Labute approximate surface area is 131 Å². The summed E-state index contributed by atoms with van der Waals surface area (Å²) in [5.74, 6) is 0.749. The molecule has 1 atom stereocenters. The van der Waals surface area contributed by atoms with Gasteiger partial charge < -0.3 is 11.1 Å². The van der Waals surface area contributed by atoms with E-state index in [9.17, 15) is 4.79 Å². The largest absolute Gasteiger partial charge is 0.384 e. The van der Waals surface area contributed by atoms with E-state index in [4.69, 9.17) is 5.73 Å². The molecule has 6 nitrogen and oxygen atoms in total. The van der Waals surface area contributed by atoms with Gasteiger partial charge in [-0.1, -0.05) is 0 Å². The first kappa shape index (κ1) is 15.2. The highest BCUT2D eigenvalue weighted by molar-refractivity contribution is 5.81. The van der Waals surface area contributed by atoms with Crippen LogP contribution in [0.4, 0.5) is 5.82 Å². The minimum Gasteiger partial charge on any atom is -0.384 e. The van der Waals surface area contributed by atoms with Crippen molar-refractivity contribution in [2.45, 2.75) is 38.4 Å². The van der Waals surface area contributed by atoms with E-state index < -0.39 is 0 Å². The molecule has 1 aromatic rings. The van der Waals surface area contributed by atoms with E-state index in [1.165, 1.54) is 5.56 Å². The third-order valence-corrected chi connectivity index (χ3v) is 4.51. The molecule has 3 N–H and O–H groups in total. The minimum absolute atomic E-state index is 0.0284. The Morgan fingerprint density at radius 3 is 2.77 bits per heavy atom. The highest BCUT2D eigenvalue weighted by atomic mass is 16.2. The maximum absolute atomic E-state index is 12.1. The normalized spacial score (nSPS) is 21.5. The number of anilines is 1. The number of aromatic nitrogens is 1. The van der Waals surface area contributed by atoms with Crippen molar-refractivity contribution < 1.29 is 4.79 Å². The maximum Gasteiger partial charge on any atom is 0.237 e. The van der Waals surface area contributed by atoms with Gasteiger partial charge in [0.2, 0.25) is 5.91 Å². The summed E-state index contributed by atoms with van der Waals surface area (Å²) in [5, 5.41) is 3.09. The summed E-state index contributed by atoms with van der Waals surface area (Å²) in [7, 11) is 0. The third kappa shape index (κ3) is 3.96. The van der Waals surface area contributed by atoms with Crippen LogP contribution in [0, 0.1) is 0 Å². The zero-order chi connectivity index (χ0) is 15.5. The molecule has 0 radical (unpaired) electrons. The van der Waals surface area contributed by atoms with Crippen LogP contribution in [0.2, 0.25) is 0 Å². The van der Waals surface area contributed by atoms with Gasteiger partial charge >= 0.3 is 0 Å². The van der Waals surface area contributed by atoms with Crippen molar-refractivity contribution in [3.8, 4) is 0 Å². The van der Waals surface area contributed by atoms with E-state index >= 15 is 0 Å². The van der Waals surface area contributed by atoms with Gasteiger partial charge in [0.15, 0.2) is 0 Å². The average molecular weight is 303 g/mol. The number of nitrogens with two attached hydrogens (primary N) is 1. The van der Waals surface area contributed by atoms with Crippen molar-refractivity contribution in [3.05, 3.63) is 23.9 Å². The van der Waals surface area contributed by atoms with Crippen LogP contribution in [0.25, 0.3) is 0 Å². The molecule has 1 aliphatic heterocycles. The summed E-state index contributed by atoms with van der Waals surface area (Å²) in [5.41, 5.74) is 6.92. The predicted octanol–water partition coefficient (Wildman–Crippen LogP) is 0.449. The summed E-state index contributed by atoms with van der Waals surface area (Å²) in [6.45, 7) is 6.71. The van der Waals surface area contributed by atoms with Gasteiger partial charge in [-0.25, -0.2) is 4.98 Å². The molecule has 1 saturated heterocycles. The smallest absolute Gasteiger partial charge is 0.237 e. The molecule has 3 rings (SSSR count). The monoisotopic (exact) mass is 303 g/mol. The Morgan fingerprint density at radius 1 is 1.41 bits per heavy atom. The highest BCUT2D eigenvalue weighted by Gasteiger charge is 2.29. The minimum atomic E-state index is -0.0284. The van der Waals surface area contributed by atoms with Crippen LogP contribution < -0.4 is 11.1 Å². The Hall–Kier alpha value is -1.66. The molecule has 0 aromatic carbocycles. The summed E-state index contributed by atoms with van der Waals surface area (Å²) in [4.78, 5) is 20.8. The standard InChI is InChI=1S/C16H25N5O/c1-12(16(22)19-14-2-3-14)21-8-6-20(7-9-21)11-13-4-5-18-15(17)10-13/h4-5,10,12,14H,2-3,6-9,11H2,1H3,(H2,17,18)(H,19,22). The lowest BCUT2D eigenvalue weighted by Crippen LogP contribution is -2.53. The number of nitrogens with one attached hydrogen (secondary N) is 1. The van der Waals surface area contributed by atoms with Gasteiger partial charge in [-0.05, 0) is 37.5 Å². The Morgan fingerprint density at radius 2 is 2.14 bits per heavy atom. The number of piperazine rings is 1. The molecule has 2 aliphatic rings. The van der Waals surface area contributed by atoms with E-state index in [1.54, 1.807) is 6.20 Å². The number of rotatable bonds is 5. The van der Waals surface area contributed by atoms with E-state index in [-0.39, 0.29) is 11.9 Å².